The van der Waals surface area contributed by atoms with E-state index in [4.69, 9.17) is 9.72 Å². The second-order valence-corrected chi connectivity index (χ2v) is 5.92. The third kappa shape index (κ3) is 2.81. The highest BCUT2D eigenvalue weighted by molar-refractivity contribution is 5.93. The zero-order valence-electron chi connectivity index (χ0n) is 14.2. The van der Waals surface area contributed by atoms with E-state index < -0.39 is 0 Å². The van der Waals surface area contributed by atoms with Crippen LogP contribution in [0.25, 0.3) is 27.9 Å². The predicted molar refractivity (Wildman–Crippen MR) is 98.8 cm³/mol. The van der Waals surface area contributed by atoms with Crippen LogP contribution in [0.3, 0.4) is 0 Å². The first kappa shape index (κ1) is 15.5. The molecule has 0 saturated carbocycles. The standard InChI is InChI=1S/C19H19N5O/c1-13-8-9-16-15(12-13)18-23-22-17(14-6-4-3-5-7-14)24(18)19(21-16)20-10-11-25-2/h3-9,12H,10-11H2,1-2H3,(H,20,21). The van der Waals surface area contributed by atoms with Crippen molar-refractivity contribution in [2.75, 3.05) is 25.6 Å². The van der Waals surface area contributed by atoms with Gasteiger partial charge in [-0.2, -0.15) is 0 Å². The summed E-state index contributed by atoms with van der Waals surface area (Å²) in [5.41, 5.74) is 3.86. The van der Waals surface area contributed by atoms with Crippen LogP contribution in [0.1, 0.15) is 5.56 Å². The summed E-state index contributed by atoms with van der Waals surface area (Å²) in [4.78, 5) is 4.79. The molecule has 126 valence electrons. The highest BCUT2D eigenvalue weighted by Gasteiger charge is 2.16. The molecule has 0 fully saturated rings. The van der Waals surface area contributed by atoms with Gasteiger partial charge in [-0.25, -0.2) is 9.38 Å². The first-order valence-electron chi connectivity index (χ1n) is 8.21. The highest BCUT2D eigenvalue weighted by atomic mass is 16.5. The second kappa shape index (κ2) is 6.49. The normalized spacial score (nSPS) is 11.3. The quantitative estimate of drug-likeness (QED) is 0.568. The Labute approximate surface area is 145 Å². The molecule has 0 radical (unpaired) electrons. The van der Waals surface area contributed by atoms with Crippen molar-refractivity contribution in [2.45, 2.75) is 6.92 Å². The number of hydrogen-bond acceptors (Lipinski definition) is 5. The van der Waals surface area contributed by atoms with Gasteiger partial charge in [0, 0.05) is 24.6 Å². The van der Waals surface area contributed by atoms with Gasteiger partial charge in [-0.15, -0.1) is 10.2 Å². The van der Waals surface area contributed by atoms with Gasteiger partial charge in [0.1, 0.15) is 0 Å². The van der Waals surface area contributed by atoms with E-state index in [-0.39, 0.29) is 0 Å². The molecule has 2 heterocycles. The zero-order valence-corrected chi connectivity index (χ0v) is 14.2. The van der Waals surface area contributed by atoms with Gasteiger partial charge in [0.2, 0.25) is 5.95 Å². The molecule has 6 heteroatoms. The van der Waals surface area contributed by atoms with E-state index in [9.17, 15) is 0 Å². The van der Waals surface area contributed by atoms with E-state index in [0.717, 1.165) is 27.9 Å². The van der Waals surface area contributed by atoms with E-state index in [1.165, 1.54) is 5.56 Å². The first-order valence-corrected chi connectivity index (χ1v) is 8.21. The molecule has 0 atom stereocenters. The Morgan fingerprint density at radius 2 is 1.92 bits per heavy atom. The maximum atomic E-state index is 5.14. The van der Waals surface area contributed by atoms with Crippen LogP contribution in [-0.4, -0.2) is 39.8 Å². The van der Waals surface area contributed by atoms with Gasteiger partial charge >= 0.3 is 0 Å². The number of nitrogens with zero attached hydrogens (tertiary/aromatic N) is 4. The number of nitrogens with one attached hydrogen (secondary N) is 1. The molecule has 25 heavy (non-hydrogen) atoms. The number of aromatic nitrogens is 4. The first-order chi connectivity index (χ1) is 12.3. The third-order valence-corrected chi connectivity index (χ3v) is 4.12. The molecule has 0 aliphatic carbocycles. The van der Waals surface area contributed by atoms with Crippen LogP contribution in [0, 0.1) is 6.92 Å². The molecule has 0 bridgehead atoms. The van der Waals surface area contributed by atoms with E-state index in [2.05, 4.69) is 34.6 Å². The van der Waals surface area contributed by atoms with Crippen LogP contribution in [0.2, 0.25) is 0 Å². The van der Waals surface area contributed by atoms with Crippen molar-refractivity contribution in [1.82, 2.24) is 19.6 Å². The summed E-state index contributed by atoms with van der Waals surface area (Å²) in [5.74, 6) is 1.48. The van der Waals surface area contributed by atoms with Crippen molar-refractivity contribution < 1.29 is 4.74 Å². The molecular weight excluding hydrogens is 314 g/mol. The van der Waals surface area contributed by atoms with Gasteiger partial charge in [0.15, 0.2) is 11.5 Å². The smallest absolute Gasteiger partial charge is 0.211 e. The molecule has 4 rings (SSSR count). The van der Waals surface area contributed by atoms with Crippen molar-refractivity contribution in [3.05, 3.63) is 54.1 Å². The Kier molecular flexibility index (Phi) is 4.03. The average molecular weight is 333 g/mol. The van der Waals surface area contributed by atoms with Crippen molar-refractivity contribution in [3.63, 3.8) is 0 Å². The summed E-state index contributed by atoms with van der Waals surface area (Å²) in [5, 5.41) is 13.2. The van der Waals surface area contributed by atoms with Crippen molar-refractivity contribution >= 4 is 22.5 Å². The minimum absolute atomic E-state index is 0.595. The van der Waals surface area contributed by atoms with Gasteiger partial charge < -0.3 is 10.1 Å². The fraction of sp³-hybridized carbons (Fsp3) is 0.211. The number of rotatable bonds is 5. The molecular formula is C19H19N5O. The van der Waals surface area contributed by atoms with Crippen LogP contribution < -0.4 is 5.32 Å². The van der Waals surface area contributed by atoms with E-state index >= 15 is 0 Å². The Hall–Kier alpha value is -2.99. The van der Waals surface area contributed by atoms with Crippen molar-refractivity contribution in [2.24, 2.45) is 0 Å². The molecule has 2 aromatic heterocycles. The van der Waals surface area contributed by atoms with Crippen LogP contribution >= 0.6 is 0 Å². The molecule has 1 N–H and O–H groups in total. The molecule has 0 aliphatic rings. The maximum Gasteiger partial charge on any atom is 0.211 e. The summed E-state index contributed by atoms with van der Waals surface area (Å²) in [6.07, 6.45) is 0. The predicted octanol–water partition coefficient (Wildman–Crippen LogP) is 3.31. The third-order valence-electron chi connectivity index (χ3n) is 4.12. The highest BCUT2D eigenvalue weighted by Crippen LogP contribution is 2.27. The topological polar surface area (TPSA) is 64.3 Å². The monoisotopic (exact) mass is 333 g/mol. The molecule has 4 aromatic rings. The van der Waals surface area contributed by atoms with Gasteiger partial charge in [0.05, 0.1) is 12.1 Å². The fourth-order valence-electron chi connectivity index (χ4n) is 2.91. The number of aryl methyl sites for hydroxylation is 1. The lowest BCUT2D eigenvalue weighted by Gasteiger charge is -2.11. The maximum absolute atomic E-state index is 5.14. The van der Waals surface area contributed by atoms with Gasteiger partial charge in [-0.05, 0) is 19.1 Å². The van der Waals surface area contributed by atoms with Crippen molar-refractivity contribution in [3.8, 4) is 11.4 Å². The van der Waals surface area contributed by atoms with E-state index in [1.54, 1.807) is 7.11 Å². The lowest BCUT2D eigenvalue weighted by Crippen LogP contribution is -2.13. The molecule has 0 spiro atoms. The Morgan fingerprint density at radius 1 is 1.08 bits per heavy atom. The van der Waals surface area contributed by atoms with Crippen LogP contribution in [0.4, 0.5) is 5.95 Å². The van der Waals surface area contributed by atoms with Crippen LogP contribution in [0.5, 0.6) is 0 Å². The van der Waals surface area contributed by atoms with Crippen LogP contribution in [0.15, 0.2) is 48.5 Å². The number of ether oxygens (including phenoxy) is 1. The summed E-state index contributed by atoms with van der Waals surface area (Å²) in [7, 11) is 1.68. The second-order valence-electron chi connectivity index (χ2n) is 5.92. The zero-order chi connectivity index (χ0) is 17.2. The molecule has 2 aromatic carbocycles. The Balaban J connectivity index is 1.98. The van der Waals surface area contributed by atoms with Gasteiger partial charge in [-0.1, -0.05) is 42.0 Å². The summed E-state index contributed by atoms with van der Waals surface area (Å²) in [6.45, 7) is 3.31. The molecule has 6 nitrogen and oxygen atoms in total. The number of methoxy groups -OCH3 is 1. The lowest BCUT2D eigenvalue weighted by molar-refractivity contribution is 0.210. The lowest BCUT2D eigenvalue weighted by atomic mass is 10.1. The Bertz CT molecular complexity index is 1030. The minimum Gasteiger partial charge on any atom is -0.383 e. The average Bonchev–Trinajstić information content (AvgIpc) is 3.09. The number of benzene rings is 2. The Morgan fingerprint density at radius 3 is 2.72 bits per heavy atom. The number of anilines is 1. The van der Waals surface area contributed by atoms with Crippen molar-refractivity contribution in [1.29, 1.82) is 0 Å². The number of hydrogen-bond donors (Lipinski definition) is 1. The molecule has 0 saturated heterocycles. The SMILES string of the molecule is COCCNc1nc2ccc(C)cc2c2nnc(-c3ccccc3)n12. The summed E-state index contributed by atoms with van der Waals surface area (Å²) < 4.78 is 7.12. The van der Waals surface area contributed by atoms with Crippen LogP contribution in [-0.2, 0) is 4.74 Å². The van der Waals surface area contributed by atoms with Gasteiger partial charge in [0.25, 0.3) is 0 Å². The minimum atomic E-state index is 0.595. The van der Waals surface area contributed by atoms with E-state index in [1.807, 2.05) is 40.8 Å². The molecule has 0 amide bonds. The summed E-state index contributed by atoms with van der Waals surface area (Å²) >= 11 is 0. The summed E-state index contributed by atoms with van der Waals surface area (Å²) in [6, 6.07) is 16.2. The molecule has 0 unspecified atom stereocenters. The largest absolute Gasteiger partial charge is 0.383 e. The van der Waals surface area contributed by atoms with Gasteiger partial charge in [-0.3, -0.25) is 0 Å². The van der Waals surface area contributed by atoms with E-state index in [0.29, 0.717) is 19.1 Å². The molecule has 0 aliphatic heterocycles. The fourth-order valence-corrected chi connectivity index (χ4v) is 2.91. The number of fused-ring (bicyclic) bond motifs is 3.